The van der Waals surface area contributed by atoms with Gasteiger partial charge in [-0.05, 0) is 12.0 Å². The maximum absolute atomic E-state index is 11.4. The molecule has 0 spiro atoms. The molecule has 1 aromatic rings. The number of nitrogens with zero attached hydrogens (tertiary/aromatic N) is 3. The number of hydrogen-bond donors (Lipinski definition) is 3. The normalized spacial score (nSPS) is 9.41. The number of aromatic amines is 2. The standard InChI is InChI=1S/C8H10N6O3/c9-14-11-3-1-2-10-7(16)5-4-6(15)13-8(17)12-5/h4H,1-3H2,(H,10,16)(H2,12,13,15,17). The number of H-pyrrole nitrogens is 2. The second kappa shape index (κ2) is 6.13. The molecule has 1 rings (SSSR count). The van der Waals surface area contributed by atoms with Crippen LogP contribution in [-0.2, 0) is 0 Å². The van der Waals surface area contributed by atoms with Crippen LogP contribution in [0, 0.1) is 0 Å². The Morgan fingerprint density at radius 3 is 2.88 bits per heavy atom. The summed E-state index contributed by atoms with van der Waals surface area (Å²) in [7, 11) is 0. The zero-order chi connectivity index (χ0) is 12.7. The van der Waals surface area contributed by atoms with Crippen molar-refractivity contribution in [2.75, 3.05) is 13.1 Å². The zero-order valence-electron chi connectivity index (χ0n) is 8.77. The first-order valence-electron chi connectivity index (χ1n) is 4.76. The molecule has 0 unspecified atom stereocenters. The Morgan fingerprint density at radius 1 is 1.47 bits per heavy atom. The van der Waals surface area contributed by atoms with E-state index >= 15 is 0 Å². The lowest BCUT2D eigenvalue weighted by molar-refractivity contribution is 0.0948. The van der Waals surface area contributed by atoms with E-state index in [-0.39, 0.29) is 18.8 Å². The van der Waals surface area contributed by atoms with Crippen molar-refractivity contribution < 1.29 is 4.79 Å². The van der Waals surface area contributed by atoms with Gasteiger partial charge in [0.05, 0.1) is 0 Å². The number of hydrogen-bond acceptors (Lipinski definition) is 4. The molecule has 0 saturated carbocycles. The van der Waals surface area contributed by atoms with Crippen molar-refractivity contribution in [3.63, 3.8) is 0 Å². The van der Waals surface area contributed by atoms with Gasteiger partial charge in [-0.3, -0.25) is 14.6 Å². The third kappa shape index (κ3) is 4.22. The first kappa shape index (κ1) is 12.5. The Bertz CT molecular complexity index is 525. The largest absolute Gasteiger partial charge is 0.351 e. The fraction of sp³-hybridized carbons (Fsp3) is 0.375. The van der Waals surface area contributed by atoms with Crippen LogP contribution in [0.25, 0.3) is 10.4 Å². The van der Waals surface area contributed by atoms with E-state index < -0.39 is 17.2 Å². The van der Waals surface area contributed by atoms with Gasteiger partial charge in [0.25, 0.3) is 11.5 Å². The highest BCUT2D eigenvalue weighted by Gasteiger charge is 2.06. The van der Waals surface area contributed by atoms with Crippen molar-refractivity contribution in [2.24, 2.45) is 5.11 Å². The van der Waals surface area contributed by atoms with Gasteiger partial charge in [0.2, 0.25) is 0 Å². The van der Waals surface area contributed by atoms with E-state index in [0.717, 1.165) is 6.07 Å². The van der Waals surface area contributed by atoms with Crippen molar-refractivity contribution in [1.82, 2.24) is 15.3 Å². The van der Waals surface area contributed by atoms with Crippen LogP contribution in [0.1, 0.15) is 16.9 Å². The highest BCUT2D eigenvalue weighted by molar-refractivity contribution is 5.91. The molecule has 0 fully saturated rings. The third-order valence-electron chi connectivity index (χ3n) is 1.79. The van der Waals surface area contributed by atoms with Gasteiger partial charge in [-0.15, -0.1) is 0 Å². The number of carbonyl (C=O) groups excluding carboxylic acids is 1. The number of aromatic nitrogens is 2. The Morgan fingerprint density at radius 2 is 2.24 bits per heavy atom. The molecule has 0 aliphatic rings. The topological polar surface area (TPSA) is 144 Å². The molecule has 1 aromatic heterocycles. The molecule has 0 aromatic carbocycles. The van der Waals surface area contributed by atoms with Gasteiger partial charge in [0.15, 0.2) is 0 Å². The van der Waals surface area contributed by atoms with E-state index in [1.165, 1.54) is 0 Å². The van der Waals surface area contributed by atoms with Gasteiger partial charge in [-0.1, -0.05) is 5.11 Å². The Hall–Kier alpha value is -2.54. The molecule has 0 aliphatic carbocycles. The number of rotatable bonds is 5. The van der Waals surface area contributed by atoms with Crippen LogP contribution >= 0.6 is 0 Å². The minimum absolute atomic E-state index is 0.109. The van der Waals surface area contributed by atoms with E-state index in [0.29, 0.717) is 6.42 Å². The first-order valence-corrected chi connectivity index (χ1v) is 4.76. The molecule has 9 heteroatoms. The van der Waals surface area contributed by atoms with E-state index in [4.69, 9.17) is 5.53 Å². The lowest BCUT2D eigenvalue weighted by Crippen LogP contribution is -2.31. The molecule has 1 amide bonds. The van der Waals surface area contributed by atoms with Crippen LogP contribution in [-0.4, -0.2) is 29.0 Å². The van der Waals surface area contributed by atoms with Crippen molar-refractivity contribution in [1.29, 1.82) is 0 Å². The van der Waals surface area contributed by atoms with Crippen molar-refractivity contribution >= 4 is 5.91 Å². The zero-order valence-corrected chi connectivity index (χ0v) is 8.77. The summed E-state index contributed by atoms with van der Waals surface area (Å²) in [5.41, 5.74) is 6.51. The van der Waals surface area contributed by atoms with Crippen LogP contribution in [0.5, 0.6) is 0 Å². The minimum Gasteiger partial charge on any atom is -0.351 e. The first-order chi connectivity index (χ1) is 8.13. The van der Waals surface area contributed by atoms with Crippen LogP contribution < -0.4 is 16.6 Å². The average Bonchev–Trinajstić information content (AvgIpc) is 2.27. The molecule has 90 valence electrons. The molecule has 0 atom stereocenters. The second-order valence-corrected chi connectivity index (χ2v) is 3.07. The predicted molar refractivity (Wildman–Crippen MR) is 58.6 cm³/mol. The summed E-state index contributed by atoms with van der Waals surface area (Å²) in [4.78, 5) is 39.9. The smallest absolute Gasteiger partial charge is 0.326 e. The molecule has 0 aliphatic heterocycles. The highest BCUT2D eigenvalue weighted by Crippen LogP contribution is 1.86. The fourth-order valence-corrected chi connectivity index (χ4v) is 1.08. The Balaban J connectivity index is 2.55. The van der Waals surface area contributed by atoms with E-state index in [9.17, 15) is 14.4 Å². The monoisotopic (exact) mass is 238 g/mol. The molecular formula is C8H10N6O3. The number of azide groups is 1. The minimum atomic E-state index is -0.739. The molecule has 0 bridgehead atoms. The lowest BCUT2D eigenvalue weighted by Gasteiger charge is -2.02. The average molecular weight is 238 g/mol. The summed E-state index contributed by atoms with van der Waals surface area (Å²) < 4.78 is 0. The molecule has 0 radical (unpaired) electrons. The maximum atomic E-state index is 11.4. The molecule has 3 N–H and O–H groups in total. The highest BCUT2D eigenvalue weighted by atomic mass is 16.2. The quantitative estimate of drug-likeness (QED) is 0.275. The van der Waals surface area contributed by atoms with E-state index in [1.54, 1.807) is 0 Å². The lowest BCUT2D eigenvalue weighted by atomic mass is 10.3. The van der Waals surface area contributed by atoms with Gasteiger partial charge in [-0.2, -0.15) is 0 Å². The van der Waals surface area contributed by atoms with Crippen LogP contribution in [0.3, 0.4) is 0 Å². The van der Waals surface area contributed by atoms with Crippen LogP contribution in [0.2, 0.25) is 0 Å². The van der Waals surface area contributed by atoms with Crippen molar-refractivity contribution in [3.8, 4) is 0 Å². The number of amides is 1. The van der Waals surface area contributed by atoms with Gasteiger partial charge in [0, 0.05) is 24.1 Å². The molecule has 1 heterocycles. The summed E-state index contributed by atoms with van der Waals surface area (Å²) in [5, 5.41) is 5.75. The summed E-state index contributed by atoms with van der Waals surface area (Å²) in [6.07, 6.45) is 0.475. The van der Waals surface area contributed by atoms with Crippen LogP contribution in [0.15, 0.2) is 20.8 Å². The molecule has 17 heavy (non-hydrogen) atoms. The number of carbonyl (C=O) groups is 1. The number of nitrogens with one attached hydrogen (secondary N) is 3. The summed E-state index contributed by atoms with van der Waals surface area (Å²) in [5.74, 6) is -0.561. The summed E-state index contributed by atoms with van der Waals surface area (Å²) in [6.45, 7) is 0.551. The van der Waals surface area contributed by atoms with Gasteiger partial charge in [-0.25, -0.2) is 4.79 Å². The summed E-state index contributed by atoms with van der Waals surface area (Å²) in [6, 6.07) is 0.990. The Kier molecular flexibility index (Phi) is 4.52. The van der Waals surface area contributed by atoms with Gasteiger partial charge >= 0.3 is 5.69 Å². The fourth-order valence-electron chi connectivity index (χ4n) is 1.08. The molecule has 9 nitrogen and oxygen atoms in total. The second-order valence-electron chi connectivity index (χ2n) is 3.07. The van der Waals surface area contributed by atoms with Crippen LogP contribution in [0.4, 0.5) is 0 Å². The van der Waals surface area contributed by atoms with E-state index in [2.05, 4.69) is 20.3 Å². The third-order valence-corrected chi connectivity index (χ3v) is 1.79. The van der Waals surface area contributed by atoms with Crippen molar-refractivity contribution in [3.05, 3.63) is 43.0 Å². The summed E-state index contributed by atoms with van der Waals surface area (Å²) >= 11 is 0. The molecular weight excluding hydrogens is 228 g/mol. The molecule has 0 saturated heterocycles. The Labute approximate surface area is 94.5 Å². The van der Waals surface area contributed by atoms with Gasteiger partial charge < -0.3 is 10.3 Å². The van der Waals surface area contributed by atoms with Gasteiger partial charge in [0.1, 0.15) is 5.69 Å². The van der Waals surface area contributed by atoms with Crippen molar-refractivity contribution in [2.45, 2.75) is 6.42 Å². The predicted octanol–water partition coefficient (Wildman–Crippen LogP) is -0.507. The maximum Gasteiger partial charge on any atom is 0.326 e. The van der Waals surface area contributed by atoms with E-state index in [1.807, 2.05) is 4.98 Å². The SMILES string of the molecule is [N-]=[N+]=NCCCNC(=O)c1cc(=O)[nH]c(=O)[nH]1.